The molecule has 0 aromatic carbocycles. The molecule has 1 aliphatic heterocycles. The van der Waals surface area contributed by atoms with Crippen molar-refractivity contribution in [1.29, 1.82) is 0 Å². The fourth-order valence-corrected chi connectivity index (χ4v) is 2.37. The van der Waals surface area contributed by atoms with Gasteiger partial charge >= 0.3 is 51.4 Å². The molecule has 1 heterocycles. The van der Waals surface area contributed by atoms with Crippen LogP contribution in [0.2, 0.25) is 0 Å². The number of hydrogen-bond acceptors (Lipinski definition) is 2. The van der Waals surface area contributed by atoms with Crippen molar-refractivity contribution in [2.24, 2.45) is 15.8 Å². The van der Waals surface area contributed by atoms with Gasteiger partial charge in [-0.05, 0) is 24.2 Å². The minimum Gasteiger partial charge on any atom is -0.862 e. The maximum absolute atomic E-state index is 11.4. The Morgan fingerprint density at radius 1 is 1.42 bits per heavy atom. The molecule has 2 bridgehead atoms. The quantitative estimate of drug-likeness (QED) is 0.406. The van der Waals surface area contributed by atoms with Gasteiger partial charge in [0.25, 0.3) is 0 Å². The van der Waals surface area contributed by atoms with E-state index >= 15 is 0 Å². The van der Waals surface area contributed by atoms with Crippen LogP contribution in [0.25, 0.3) is 0 Å². The van der Waals surface area contributed by atoms with Crippen LogP contribution in [-0.2, 0) is 0 Å². The average Bonchev–Trinajstić information content (AvgIpc) is 2.20. The van der Waals surface area contributed by atoms with Gasteiger partial charge in [0.05, 0.1) is 6.04 Å². The van der Waals surface area contributed by atoms with Crippen molar-refractivity contribution in [2.45, 2.75) is 39.7 Å². The van der Waals surface area contributed by atoms with E-state index in [0.717, 1.165) is 12.8 Å². The zero-order chi connectivity index (χ0) is 8.28. The average molecular weight is 191 g/mol. The Bertz CT molecular complexity index is 237. The Kier molecular flexibility index (Phi) is 2.85. The smallest absolute Gasteiger partial charge is 0.862 e. The van der Waals surface area contributed by atoms with Crippen LogP contribution in [0.4, 0.5) is 0 Å². The Hall–Kier alpha value is 1.11. The third kappa shape index (κ3) is 1.10. The van der Waals surface area contributed by atoms with E-state index in [0.29, 0.717) is 6.04 Å². The Morgan fingerprint density at radius 2 is 2.00 bits per heavy atom. The van der Waals surface area contributed by atoms with Gasteiger partial charge in [-0.25, -0.2) is 0 Å². The normalized spacial score (nSPS) is 42.2. The summed E-state index contributed by atoms with van der Waals surface area (Å²) in [6.07, 6.45) is 2.14. The molecule has 1 fully saturated rings. The van der Waals surface area contributed by atoms with Gasteiger partial charge in [-0.1, -0.05) is 20.8 Å². The van der Waals surface area contributed by atoms with Crippen molar-refractivity contribution in [2.75, 3.05) is 0 Å². The van der Waals surface area contributed by atoms with Crippen LogP contribution in [0.5, 0.6) is 0 Å². The number of hydrogen-bond donors (Lipinski definition) is 0. The Labute approximate surface area is 116 Å². The van der Waals surface area contributed by atoms with E-state index in [2.05, 4.69) is 25.8 Å². The first-order valence-electron chi connectivity index (χ1n) is 4.24. The van der Waals surface area contributed by atoms with E-state index < -0.39 is 0 Å². The van der Waals surface area contributed by atoms with Crippen molar-refractivity contribution in [3.8, 4) is 0 Å². The van der Waals surface area contributed by atoms with E-state index in [9.17, 15) is 5.11 Å². The van der Waals surface area contributed by atoms with Gasteiger partial charge in [-0.2, -0.15) is 0 Å². The third-order valence-corrected chi connectivity index (χ3v) is 3.92. The SMILES string of the molecule is CC1(C)[C@@H]2CC[C@@]1(C)C([O-])=N2.[K+]. The predicted octanol–water partition coefficient (Wildman–Crippen LogP) is -2.04. The molecule has 0 spiro atoms. The van der Waals surface area contributed by atoms with Crippen molar-refractivity contribution in [1.82, 2.24) is 0 Å². The molecule has 0 unspecified atom stereocenters. The maximum atomic E-state index is 11.4. The first kappa shape index (κ1) is 11.2. The zero-order valence-corrected chi connectivity index (χ0v) is 11.5. The number of rotatable bonds is 0. The summed E-state index contributed by atoms with van der Waals surface area (Å²) in [5, 5.41) is 11.4. The zero-order valence-electron chi connectivity index (χ0n) is 8.35. The predicted molar refractivity (Wildman–Crippen MR) is 42.3 cm³/mol. The number of fused-ring (bicyclic) bond motifs is 2. The van der Waals surface area contributed by atoms with E-state index in [1.54, 1.807) is 0 Å². The van der Waals surface area contributed by atoms with Crippen LogP contribution in [0.1, 0.15) is 33.6 Å². The standard InChI is InChI=1S/C9H15NO.K/c1-8(2)6-4-5-9(8,3)7(11)10-6;/h6H,4-5H2,1-3H3,(H,10,11);/q;+1/p-1/t6-,9-;/m0./s1. The minimum absolute atomic E-state index is 0. The van der Waals surface area contributed by atoms with Gasteiger partial charge in [0.15, 0.2) is 0 Å². The maximum Gasteiger partial charge on any atom is 1.00 e. The molecule has 0 aromatic rings. The van der Waals surface area contributed by atoms with E-state index in [-0.39, 0.29) is 68.1 Å². The first-order valence-corrected chi connectivity index (χ1v) is 4.24. The molecule has 62 valence electrons. The summed E-state index contributed by atoms with van der Waals surface area (Å²) in [4.78, 5) is 4.14. The molecule has 2 aliphatic rings. The summed E-state index contributed by atoms with van der Waals surface area (Å²) in [6, 6.07) is 0.306. The molecule has 0 aromatic heterocycles. The molecule has 0 saturated heterocycles. The second-order valence-electron chi connectivity index (χ2n) is 4.54. The molecular formula is C9H14KNO. The van der Waals surface area contributed by atoms with Gasteiger partial charge in [0.1, 0.15) is 0 Å². The van der Waals surface area contributed by atoms with Crippen molar-refractivity contribution >= 4 is 5.90 Å². The molecule has 0 amide bonds. The van der Waals surface area contributed by atoms with Gasteiger partial charge < -0.3 is 10.1 Å². The fraction of sp³-hybridized carbons (Fsp3) is 0.889. The van der Waals surface area contributed by atoms with Crippen LogP contribution in [0.3, 0.4) is 0 Å². The van der Waals surface area contributed by atoms with Gasteiger partial charge in [-0.15, -0.1) is 0 Å². The molecule has 12 heavy (non-hydrogen) atoms. The van der Waals surface area contributed by atoms with Crippen LogP contribution in [0.15, 0.2) is 4.99 Å². The second kappa shape index (κ2) is 3.06. The largest absolute Gasteiger partial charge is 1.00 e. The Morgan fingerprint density at radius 3 is 2.17 bits per heavy atom. The summed E-state index contributed by atoms with van der Waals surface area (Å²) >= 11 is 0. The topological polar surface area (TPSA) is 35.4 Å². The molecule has 2 nitrogen and oxygen atoms in total. The molecule has 0 radical (unpaired) electrons. The van der Waals surface area contributed by atoms with E-state index in [1.165, 1.54) is 0 Å². The molecule has 0 N–H and O–H groups in total. The van der Waals surface area contributed by atoms with Gasteiger partial charge in [0, 0.05) is 5.41 Å². The molecule has 3 heteroatoms. The van der Waals surface area contributed by atoms with E-state index in [4.69, 9.17) is 0 Å². The molecule has 2 rings (SSSR count). The fourth-order valence-electron chi connectivity index (χ4n) is 2.37. The monoisotopic (exact) mass is 191 g/mol. The molecule has 1 saturated carbocycles. The second-order valence-corrected chi connectivity index (χ2v) is 4.54. The Balaban J connectivity index is 0.000000720. The van der Waals surface area contributed by atoms with Gasteiger partial charge in [-0.3, -0.25) is 0 Å². The van der Waals surface area contributed by atoms with E-state index in [1.807, 2.05) is 0 Å². The first-order chi connectivity index (χ1) is 4.98. The molecule has 2 atom stereocenters. The number of aliphatic imine (C=N–C) groups is 1. The number of nitrogens with zero attached hydrogens (tertiary/aromatic N) is 1. The van der Waals surface area contributed by atoms with Crippen LogP contribution in [0, 0.1) is 10.8 Å². The van der Waals surface area contributed by atoms with Crippen molar-refractivity contribution in [3.63, 3.8) is 0 Å². The minimum atomic E-state index is -0.141. The molecular weight excluding hydrogens is 177 g/mol. The van der Waals surface area contributed by atoms with Crippen molar-refractivity contribution < 1.29 is 56.5 Å². The summed E-state index contributed by atoms with van der Waals surface area (Å²) in [5.41, 5.74) is -0.0260. The van der Waals surface area contributed by atoms with Crippen LogP contribution in [-0.4, -0.2) is 11.9 Å². The van der Waals surface area contributed by atoms with Crippen LogP contribution >= 0.6 is 0 Å². The van der Waals surface area contributed by atoms with Crippen molar-refractivity contribution in [3.05, 3.63) is 0 Å². The summed E-state index contributed by atoms with van der Waals surface area (Å²) in [5.74, 6) is 0.138. The summed E-state index contributed by atoms with van der Waals surface area (Å²) < 4.78 is 0. The third-order valence-electron chi connectivity index (χ3n) is 3.92. The van der Waals surface area contributed by atoms with Gasteiger partial charge in [0.2, 0.25) is 0 Å². The summed E-state index contributed by atoms with van der Waals surface area (Å²) in [6.45, 7) is 6.39. The summed E-state index contributed by atoms with van der Waals surface area (Å²) in [7, 11) is 0. The molecule has 1 aliphatic carbocycles. The van der Waals surface area contributed by atoms with Crippen LogP contribution < -0.4 is 56.5 Å².